The number of ether oxygens (including phenoxy) is 14. The van der Waals surface area contributed by atoms with Crippen LogP contribution in [0.3, 0.4) is 0 Å². The topological polar surface area (TPSA) is 195 Å². The normalized spacial score (nSPS) is 26.6. The molecule has 0 N–H and O–H groups in total. The van der Waals surface area contributed by atoms with Gasteiger partial charge in [0.1, 0.15) is 61.0 Å². The third-order valence-electron chi connectivity index (χ3n) is 15.6. The second-order valence-electron chi connectivity index (χ2n) is 22.2. The molecule has 0 bridgehead atoms. The molecule has 0 amide bonds. The van der Waals surface area contributed by atoms with Crippen molar-refractivity contribution >= 4 is 5.97 Å². The van der Waals surface area contributed by atoms with Gasteiger partial charge >= 0.3 is 5.97 Å². The first kappa shape index (κ1) is 65.5. The van der Waals surface area contributed by atoms with Crippen LogP contribution in [-0.2, 0) is 117 Å². The van der Waals surface area contributed by atoms with Crippen molar-refractivity contribution in [3.05, 3.63) is 274 Å². The number of carbonyl (C=O) groups is 1. The predicted octanol–water partition coefficient (Wildman–Crippen LogP) is 12.1. The molecule has 3 heterocycles. The van der Waals surface area contributed by atoms with Crippen molar-refractivity contribution in [2.24, 2.45) is 5.11 Å². The van der Waals surface area contributed by atoms with E-state index in [1.165, 1.54) is 6.92 Å². The van der Waals surface area contributed by atoms with Crippen LogP contribution in [-0.4, -0.2) is 118 Å². The molecule has 3 fully saturated rings. The Balaban J connectivity index is 1.08. The van der Waals surface area contributed by atoms with Gasteiger partial charge in [-0.15, -0.1) is 6.58 Å². The summed E-state index contributed by atoms with van der Waals surface area (Å²) in [6, 6.07) is 66.8. The Morgan fingerprint density at radius 1 is 0.433 bits per heavy atom. The Labute approximate surface area is 526 Å². The number of hydrogen-bond donors (Lipinski definition) is 0. The van der Waals surface area contributed by atoms with Gasteiger partial charge in [0.25, 0.3) is 0 Å². The summed E-state index contributed by atoms with van der Waals surface area (Å²) in [5.41, 5.74) is 16.7. The number of hydrogen-bond acceptors (Lipinski definition) is 16. The highest BCUT2D eigenvalue weighted by Crippen LogP contribution is 2.39. The van der Waals surface area contributed by atoms with Crippen LogP contribution in [0, 0.1) is 0 Å². The molecule has 10 rings (SSSR count). The summed E-state index contributed by atoms with van der Waals surface area (Å²) >= 11 is 0. The van der Waals surface area contributed by atoms with E-state index >= 15 is 0 Å². The van der Waals surface area contributed by atoms with Crippen molar-refractivity contribution in [2.45, 2.75) is 152 Å². The maximum Gasteiger partial charge on any atom is 0.303 e. The number of azide groups is 1. The van der Waals surface area contributed by atoms with E-state index in [9.17, 15) is 10.3 Å². The first-order chi connectivity index (χ1) is 44.3. The fourth-order valence-electron chi connectivity index (χ4n) is 11.2. The van der Waals surface area contributed by atoms with Crippen LogP contribution in [0.4, 0.5) is 0 Å². The van der Waals surface area contributed by atoms with Gasteiger partial charge in [-0.2, -0.15) is 0 Å². The Morgan fingerprint density at radius 3 is 1.20 bits per heavy atom. The molecule has 18 nitrogen and oxygen atoms in total. The summed E-state index contributed by atoms with van der Waals surface area (Å²) in [6.07, 6.45) is -13.2. The molecule has 3 saturated heterocycles. The van der Waals surface area contributed by atoms with Crippen molar-refractivity contribution in [2.75, 3.05) is 19.8 Å². The smallest absolute Gasteiger partial charge is 0.303 e. The lowest BCUT2D eigenvalue weighted by Gasteiger charge is -2.51. The van der Waals surface area contributed by atoms with Crippen LogP contribution in [0.2, 0.25) is 0 Å². The lowest BCUT2D eigenvalue weighted by molar-refractivity contribution is -0.390. The Hall–Kier alpha value is -7.46. The molecule has 0 radical (unpaired) electrons. The lowest BCUT2D eigenvalue weighted by Crippen LogP contribution is -2.67. The third kappa shape index (κ3) is 18.8. The molecule has 3 aliphatic rings. The van der Waals surface area contributed by atoms with E-state index < -0.39 is 98.0 Å². The van der Waals surface area contributed by atoms with E-state index in [1.807, 2.05) is 219 Å². The average molecular weight is 1230 g/mol. The van der Waals surface area contributed by atoms with Crippen LogP contribution in [0.1, 0.15) is 52.8 Å². The fraction of sp³-hybridized carbons (Fsp3) is 0.375. The molecule has 0 aromatic heterocycles. The minimum atomic E-state index is -1.44. The van der Waals surface area contributed by atoms with Gasteiger partial charge in [0.2, 0.25) is 0 Å². The summed E-state index contributed by atoms with van der Waals surface area (Å²) in [6.45, 7) is 8.08. The second-order valence-corrected chi connectivity index (χ2v) is 22.2. The first-order valence-electron chi connectivity index (χ1n) is 30.5. The summed E-state index contributed by atoms with van der Waals surface area (Å²) in [5.74, 6) is -0.615. The van der Waals surface area contributed by atoms with E-state index in [0.717, 1.165) is 38.9 Å². The van der Waals surface area contributed by atoms with E-state index in [-0.39, 0.29) is 66.1 Å². The van der Waals surface area contributed by atoms with Gasteiger partial charge in [0.05, 0.1) is 72.2 Å². The highest BCUT2D eigenvalue weighted by molar-refractivity contribution is 5.66. The Bertz CT molecular complexity index is 3230. The highest BCUT2D eigenvalue weighted by Gasteiger charge is 2.57. The van der Waals surface area contributed by atoms with E-state index in [4.69, 9.17) is 66.3 Å². The van der Waals surface area contributed by atoms with Crippen LogP contribution in [0.15, 0.2) is 230 Å². The SMILES string of the molecule is C=CCO[C@@H]1O[C@@H](C)[C@H](OCc2ccccc2)[C@@H](OCc2ccccc2)[C@H]1O[C@H]1O[C@H](COCc2ccccc2)[C@@H](O[C@@H]2O[C@H](COCc3ccccc3)[C@@H](OC(C)=O)[C@H](OCc3ccccc3)[C@@H]2N=[N+]=[N-])[C@H](OCc2ccccc2)[C@H]1OCc1ccccc1. The van der Waals surface area contributed by atoms with Crippen LogP contribution >= 0.6 is 0 Å². The van der Waals surface area contributed by atoms with Gasteiger partial charge < -0.3 is 66.3 Å². The minimum Gasteiger partial charge on any atom is -0.457 e. The zero-order chi connectivity index (χ0) is 62.1. The Kier molecular flexibility index (Phi) is 25.2. The molecule has 3 aliphatic heterocycles. The van der Waals surface area contributed by atoms with Gasteiger partial charge in [-0.25, -0.2) is 0 Å². The monoisotopic (exact) mass is 1230 g/mol. The standard InChI is InChI=1S/C72H79N3O15/c1-4-40-79-71-69(66(82-45-56-34-20-9-21-35-56)62(50(2)85-71)80-43-54-30-16-7-17-31-54)90-72-68(84-47-58-38-24-11-25-39-58)67(83-46-57-36-22-10-23-37-57)64(60(88-72)49-78-42-53-28-14-6-15-29-53)89-70-61(74-75-73)65(81-44-55-32-18-8-19-33-55)63(86-51(3)76)59(87-70)48-77-41-52-26-12-5-13-27-52/h4-39,50,59-72H,1,40-49H2,2-3H3/t50-,59+,60+,61-,62-,63+,64+,65+,66+,67-,68+,69+,70-,71+,72+/m0/s1. The van der Waals surface area contributed by atoms with Crippen molar-refractivity contribution in [3.63, 3.8) is 0 Å². The van der Waals surface area contributed by atoms with Gasteiger partial charge in [0, 0.05) is 11.8 Å². The second kappa shape index (κ2) is 34.7. The van der Waals surface area contributed by atoms with E-state index in [2.05, 4.69) is 16.6 Å². The van der Waals surface area contributed by atoms with Crippen LogP contribution in [0.25, 0.3) is 10.4 Å². The van der Waals surface area contributed by atoms with E-state index in [0.29, 0.717) is 0 Å². The minimum absolute atomic E-state index is 0.0418. The fourth-order valence-corrected chi connectivity index (χ4v) is 11.2. The van der Waals surface area contributed by atoms with Gasteiger partial charge in [-0.3, -0.25) is 4.79 Å². The summed E-state index contributed by atoms with van der Waals surface area (Å²) in [5, 5.41) is 4.35. The molecule has 472 valence electrons. The summed E-state index contributed by atoms with van der Waals surface area (Å²) in [7, 11) is 0. The molecule has 0 spiro atoms. The number of benzene rings is 7. The number of nitrogens with zero attached hydrogens (tertiary/aromatic N) is 3. The molecular formula is C72H79N3O15. The zero-order valence-electron chi connectivity index (χ0n) is 50.7. The Morgan fingerprint density at radius 2 is 0.789 bits per heavy atom. The predicted molar refractivity (Wildman–Crippen MR) is 333 cm³/mol. The number of rotatable bonds is 32. The molecule has 18 heteroatoms. The van der Waals surface area contributed by atoms with Gasteiger partial charge in [-0.1, -0.05) is 224 Å². The maximum absolute atomic E-state index is 13.2. The van der Waals surface area contributed by atoms with Crippen LogP contribution in [0.5, 0.6) is 0 Å². The first-order valence-corrected chi connectivity index (χ1v) is 30.5. The number of carbonyl (C=O) groups excluding carboxylic acids is 1. The molecule has 7 aromatic rings. The number of esters is 1. The van der Waals surface area contributed by atoms with Gasteiger partial charge in [-0.05, 0) is 51.4 Å². The molecule has 0 aliphatic carbocycles. The quantitative estimate of drug-likeness (QED) is 0.0127. The van der Waals surface area contributed by atoms with Crippen LogP contribution < -0.4 is 0 Å². The van der Waals surface area contributed by atoms with Crippen molar-refractivity contribution in [1.82, 2.24) is 0 Å². The molecule has 0 unspecified atom stereocenters. The molecule has 90 heavy (non-hydrogen) atoms. The van der Waals surface area contributed by atoms with Gasteiger partial charge in [0.15, 0.2) is 25.0 Å². The molecular weight excluding hydrogens is 1150 g/mol. The third-order valence-corrected chi connectivity index (χ3v) is 15.6. The molecule has 0 saturated carbocycles. The van der Waals surface area contributed by atoms with Crippen molar-refractivity contribution < 1.29 is 71.1 Å². The van der Waals surface area contributed by atoms with Crippen molar-refractivity contribution in [1.29, 1.82) is 0 Å². The summed E-state index contributed by atoms with van der Waals surface area (Å²) in [4.78, 5) is 16.5. The van der Waals surface area contributed by atoms with E-state index in [1.54, 1.807) is 6.08 Å². The van der Waals surface area contributed by atoms with Crippen molar-refractivity contribution in [3.8, 4) is 0 Å². The molecule has 7 aromatic carbocycles. The average Bonchev–Trinajstić information content (AvgIpc) is 0.832. The lowest BCUT2D eigenvalue weighted by atomic mass is 9.94. The maximum atomic E-state index is 13.2. The molecule has 15 atom stereocenters. The summed E-state index contributed by atoms with van der Waals surface area (Å²) < 4.78 is 96.7. The zero-order valence-corrected chi connectivity index (χ0v) is 50.7. The largest absolute Gasteiger partial charge is 0.457 e. The highest BCUT2D eigenvalue weighted by atomic mass is 16.8.